The first-order valence-electron chi connectivity index (χ1n) is 10.6. The zero-order valence-electron chi connectivity index (χ0n) is 18.9. The van der Waals surface area contributed by atoms with Gasteiger partial charge in [-0.15, -0.1) is 0 Å². The normalized spacial score (nSPS) is 14.7. The monoisotopic (exact) mass is 443 g/mol. The number of methoxy groups -OCH3 is 3. The molecule has 6 nitrogen and oxygen atoms in total. The maximum absolute atomic E-state index is 5.87. The van der Waals surface area contributed by atoms with Crippen LogP contribution >= 0.6 is 12.2 Å². The number of nitrogens with one attached hydrogen (secondary N) is 1. The smallest absolute Gasteiger partial charge is 0.173 e. The van der Waals surface area contributed by atoms with Gasteiger partial charge in [0.05, 0.1) is 21.3 Å². The van der Waals surface area contributed by atoms with Gasteiger partial charge in [0.1, 0.15) is 5.75 Å². The molecular formula is C24H33N3O3S. The van der Waals surface area contributed by atoms with Gasteiger partial charge in [-0.3, -0.25) is 0 Å². The Balaban J connectivity index is 1.73. The maximum atomic E-state index is 5.87. The average molecular weight is 444 g/mol. The van der Waals surface area contributed by atoms with Gasteiger partial charge in [-0.25, -0.2) is 0 Å². The summed E-state index contributed by atoms with van der Waals surface area (Å²) in [6, 6.07) is 14.4. The standard InChI is InChI=1S/C24H33N3O3S/c1-26-13-11-20(12-14-26)27(24(31)25-19-6-5-7-21(17-19)28-2)15-10-18-8-9-22(29-3)23(16-18)30-4/h5-9,16-17,20H,10-15H2,1-4H3,(H,25,31). The van der Waals surface area contributed by atoms with Gasteiger partial charge >= 0.3 is 0 Å². The van der Waals surface area contributed by atoms with Crippen LogP contribution in [0.5, 0.6) is 17.2 Å². The molecule has 168 valence electrons. The molecule has 2 aromatic rings. The van der Waals surface area contributed by atoms with Gasteiger partial charge in [-0.05, 0) is 81.4 Å². The first kappa shape index (κ1) is 23.2. The Hall–Kier alpha value is -2.51. The second-order valence-corrected chi connectivity index (χ2v) is 8.22. The van der Waals surface area contributed by atoms with E-state index in [4.69, 9.17) is 26.4 Å². The Morgan fingerprint density at radius 2 is 1.77 bits per heavy atom. The molecule has 0 spiro atoms. The van der Waals surface area contributed by atoms with Gasteiger partial charge in [-0.2, -0.15) is 0 Å². The summed E-state index contributed by atoms with van der Waals surface area (Å²) in [6.07, 6.45) is 3.07. The van der Waals surface area contributed by atoms with Gasteiger partial charge in [0, 0.05) is 24.3 Å². The van der Waals surface area contributed by atoms with E-state index in [-0.39, 0.29) is 0 Å². The van der Waals surface area contributed by atoms with E-state index < -0.39 is 0 Å². The number of thiocarbonyl (C=S) groups is 1. The predicted molar refractivity (Wildman–Crippen MR) is 130 cm³/mol. The fourth-order valence-corrected chi connectivity index (χ4v) is 4.30. The van der Waals surface area contributed by atoms with Crippen molar-refractivity contribution in [3.8, 4) is 17.2 Å². The van der Waals surface area contributed by atoms with E-state index in [9.17, 15) is 0 Å². The highest BCUT2D eigenvalue weighted by Crippen LogP contribution is 2.28. The minimum Gasteiger partial charge on any atom is -0.497 e. The van der Waals surface area contributed by atoms with Gasteiger partial charge in [0.2, 0.25) is 0 Å². The van der Waals surface area contributed by atoms with E-state index >= 15 is 0 Å². The van der Waals surface area contributed by atoms with Crippen LogP contribution in [0, 0.1) is 0 Å². The third-order valence-corrected chi connectivity index (χ3v) is 6.14. The van der Waals surface area contributed by atoms with E-state index in [1.165, 1.54) is 5.56 Å². The number of hydrogen-bond acceptors (Lipinski definition) is 5. The minimum absolute atomic E-state index is 0.418. The van der Waals surface area contributed by atoms with E-state index in [2.05, 4.69) is 28.2 Å². The summed E-state index contributed by atoms with van der Waals surface area (Å²) in [5, 5.41) is 4.17. The first-order chi connectivity index (χ1) is 15.0. The molecule has 0 aromatic heterocycles. The van der Waals surface area contributed by atoms with Crippen molar-refractivity contribution in [1.29, 1.82) is 0 Å². The van der Waals surface area contributed by atoms with Gasteiger partial charge in [-0.1, -0.05) is 12.1 Å². The van der Waals surface area contributed by atoms with Crippen molar-refractivity contribution in [1.82, 2.24) is 9.80 Å². The Morgan fingerprint density at radius 1 is 1.03 bits per heavy atom. The zero-order valence-corrected chi connectivity index (χ0v) is 19.7. The van der Waals surface area contributed by atoms with Crippen molar-refractivity contribution in [2.75, 3.05) is 53.3 Å². The predicted octanol–water partition coefficient (Wildman–Crippen LogP) is 4.05. The van der Waals surface area contributed by atoms with Crippen LogP contribution in [0.2, 0.25) is 0 Å². The summed E-state index contributed by atoms with van der Waals surface area (Å²) in [7, 11) is 7.17. The summed E-state index contributed by atoms with van der Waals surface area (Å²) >= 11 is 5.87. The zero-order chi connectivity index (χ0) is 22.2. The second-order valence-electron chi connectivity index (χ2n) is 7.83. The highest BCUT2D eigenvalue weighted by Gasteiger charge is 2.25. The lowest BCUT2D eigenvalue weighted by molar-refractivity contribution is 0.178. The number of benzene rings is 2. The molecule has 1 aliphatic heterocycles. The lowest BCUT2D eigenvalue weighted by Crippen LogP contribution is -2.48. The molecule has 1 fully saturated rings. The Bertz CT molecular complexity index is 869. The van der Waals surface area contributed by atoms with Crippen LogP contribution in [-0.2, 0) is 6.42 Å². The largest absolute Gasteiger partial charge is 0.497 e. The molecule has 1 heterocycles. The molecule has 3 rings (SSSR count). The van der Waals surface area contributed by atoms with Crippen LogP contribution in [-0.4, -0.2) is 69.0 Å². The van der Waals surface area contributed by atoms with Gasteiger partial charge < -0.3 is 29.3 Å². The van der Waals surface area contributed by atoms with Crippen molar-refractivity contribution < 1.29 is 14.2 Å². The summed E-state index contributed by atoms with van der Waals surface area (Å²) in [4.78, 5) is 4.72. The lowest BCUT2D eigenvalue weighted by Gasteiger charge is -2.39. The molecule has 31 heavy (non-hydrogen) atoms. The number of ether oxygens (including phenoxy) is 3. The maximum Gasteiger partial charge on any atom is 0.173 e. The first-order valence-corrected chi connectivity index (χ1v) is 11.1. The minimum atomic E-state index is 0.418. The van der Waals surface area contributed by atoms with E-state index in [1.807, 2.05) is 36.4 Å². The summed E-state index contributed by atoms with van der Waals surface area (Å²) in [5.41, 5.74) is 2.13. The molecule has 0 bridgehead atoms. The topological polar surface area (TPSA) is 46.2 Å². The summed E-state index contributed by atoms with van der Waals surface area (Å²) < 4.78 is 16.2. The van der Waals surface area contributed by atoms with Crippen molar-refractivity contribution >= 4 is 23.0 Å². The number of nitrogens with zero attached hydrogens (tertiary/aromatic N) is 2. The van der Waals surface area contributed by atoms with Crippen LogP contribution < -0.4 is 19.5 Å². The molecule has 0 radical (unpaired) electrons. The number of likely N-dealkylation sites (tertiary alicyclic amines) is 1. The van der Waals surface area contributed by atoms with Gasteiger partial charge in [0.25, 0.3) is 0 Å². The molecule has 0 aliphatic carbocycles. The van der Waals surface area contributed by atoms with Crippen LogP contribution in [0.1, 0.15) is 18.4 Å². The van der Waals surface area contributed by atoms with Crippen LogP contribution in [0.4, 0.5) is 5.69 Å². The van der Waals surface area contributed by atoms with E-state index in [0.29, 0.717) is 6.04 Å². The van der Waals surface area contributed by atoms with E-state index in [1.54, 1.807) is 21.3 Å². The molecule has 2 aromatic carbocycles. The van der Waals surface area contributed by atoms with Crippen LogP contribution in [0.15, 0.2) is 42.5 Å². The quantitative estimate of drug-likeness (QED) is 0.618. The highest BCUT2D eigenvalue weighted by atomic mass is 32.1. The number of rotatable bonds is 8. The van der Waals surface area contributed by atoms with Crippen molar-refractivity contribution in [3.05, 3.63) is 48.0 Å². The summed E-state index contributed by atoms with van der Waals surface area (Å²) in [6.45, 7) is 3.00. The van der Waals surface area contributed by atoms with Gasteiger partial charge in [0.15, 0.2) is 16.6 Å². The molecule has 0 atom stereocenters. The molecule has 1 saturated heterocycles. The second kappa shape index (κ2) is 11.2. The average Bonchev–Trinajstić information content (AvgIpc) is 2.80. The number of hydrogen-bond donors (Lipinski definition) is 1. The third-order valence-electron chi connectivity index (χ3n) is 5.80. The molecule has 7 heteroatoms. The Kier molecular flexibility index (Phi) is 8.37. The van der Waals surface area contributed by atoms with Crippen LogP contribution in [0.25, 0.3) is 0 Å². The number of anilines is 1. The van der Waals surface area contributed by atoms with Crippen molar-refractivity contribution in [2.24, 2.45) is 0 Å². The van der Waals surface area contributed by atoms with Crippen molar-refractivity contribution in [3.63, 3.8) is 0 Å². The van der Waals surface area contributed by atoms with Crippen LogP contribution in [0.3, 0.4) is 0 Å². The Labute approximate surface area is 191 Å². The molecule has 0 amide bonds. The molecule has 0 unspecified atom stereocenters. The third kappa shape index (κ3) is 6.24. The van der Waals surface area contributed by atoms with E-state index in [0.717, 1.165) is 66.9 Å². The molecular weight excluding hydrogens is 410 g/mol. The molecule has 0 saturated carbocycles. The summed E-state index contributed by atoms with van der Waals surface area (Å²) in [5.74, 6) is 2.31. The van der Waals surface area contributed by atoms with Crippen molar-refractivity contribution in [2.45, 2.75) is 25.3 Å². The lowest BCUT2D eigenvalue weighted by atomic mass is 10.0. The fourth-order valence-electron chi connectivity index (χ4n) is 3.94. The number of piperidine rings is 1. The molecule has 1 N–H and O–H groups in total. The SMILES string of the molecule is COc1cccc(NC(=S)N(CCc2ccc(OC)c(OC)c2)C2CCN(C)CC2)c1. The fraction of sp³-hybridized carbons (Fsp3) is 0.458. The highest BCUT2D eigenvalue weighted by molar-refractivity contribution is 7.80. The Morgan fingerprint density at radius 3 is 2.45 bits per heavy atom. The molecule has 1 aliphatic rings.